The number of nitrogens with two attached hydrogens (primary N) is 1. The van der Waals surface area contributed by atoms with Crippen LogP contribution in [0, 0.1) is 6.92 Å². The minimum absolute atomic E-state index is 0.153. The van der Waals surface area contributed by atoms with Crippen LogP contribution >= 0.6 is 0 Å². The Bertz CT molecular complexity index is 1000. The molecule has 26 heavy (non-hydrogen) atoms. The largest absolute Gasteiger partial charge is 0.366 e. The summed E-state index contributed by atoms with van der Waals surface area (Å²) in [5.41, 5.74) is 8.40. The second-order valence-electron chi connectivity index (χ2n) is 5.89. The number of benzene rings is 1. The number of carbonyl (C=O) groups is 2. The van der Waals surface area contributed by atoms with E-state index in [1.807, 2.05) is 54.1 Å². The van der Waals surface area contributed by atoms with Crippen molar-refractivity contribution in [3.05, 3.63) is 94.9 Å². The van der Waals surface area contributed by atoms with E-state index in [9.17, 15) is 9.59 Å². The van der Waals surface area contributed by atoms with E-state index >= 15 is 0 Å². The van der Waals surface area contributed by atoms with E-state index in [1.54, 1.807) is 6.07 Å². The van der Waals surface area contributed by atoms with Crippen LogP contribution in [-0.2, 0) is 6.54 Å². The molecule has 2 amide bonds. The van der Waals surface area contributed by atoms with Crippen LogP contribution in [0.4, 0.5) is 0 Å². The van der Waals surface area contributed by atoms with Gasteiger partial charge in [-0.15, -0.1) is 0 Å². The third-order valence-corrected chi connectivity index (χ3v) is 3.87. The van der Waals surface area contributed by atoms with E-state index in [1.165, 1.54) is 23.9 Å². The molecule has 6 heteroatoms. The van der Waals surface area contributed by atoms with Gasteiger partial charge in [-0.2, -0.15) is 4.99 Å². The van der Waals surface area contributed by atoms with Crippen LogP contribution in [0.15, 0.2) is 72.0 Å². The third kappa shape index (κ3) is 4.10. The number of aromatic nitrogens is 2. The number of amides is 2. The van der Waals surface area contributed by atoms with E-state index < -0.39 is 11.8 Å². The van der Waals surface area contributed by atoms with Crippen LogP contribution in [0.3, 0.4) is 0 Å². The van der Waals surface area contributed by atoms with Crippen molar-refractivity contribution in [2.24, 2.45) is 10.7 Å². The first-order valence-corrected chi connectivity index (χ1v) is 8.09. The summed E-state index contributed by atoms with van der Waals surface area (Å²) < 4.78 is 1.89. The maximum atomic E-state index is 12.4. The Morgan fingerprint density at radius 1 is 1.08 bits per heavy atom. The molecule has 0 unspecified atom stereocenters. The Balaban J connectivity index is 1.89. The first-order chi connectivity index (χ1) is 12.5. The molecule has 2 heterocycles. The van der Waals surface area contributed by atoms with Gasteiger partial charge in [0.2, 0.25) is 5.91 Å². The molecule has 0 fully saturated rings. The van der Waals surface area contributed by atoms with Gasteiger partial charge in [0.1, 0.15) is 11.2 Å². The van der Waals surface area contributed by atoms with Gasteiger partial charge in [0, 0.05) is 18.9 Å². The Morgan fingerprint density at radius 2 is 1.85 bits per heavy atom. The zero-order chi connectivity index (χ0) is 18.5. The number of primary amides is 1. The summed E-state index contributed by atoms with van der Waals surface area (Å²) in [6.45, 7) is 2.64. The molecule has 2 aromatic heterocycles. The fourth-order valence-corrected chi connectivity index (χ4v) is 2.42. The highest BCUT2D eigenvalue weighted by Crippen LogP contribution is 2.05. The molecule has 0 saturated carbocycles. The summed E-state index contributed by atoms with van der Waals surface area (Å²) in [7, 11) is 0. The highest BCUT2D eigenvalue weighted by Gasteiger charge is 2.08. The number of hydrogen-bond donors (Lipinski definition) is 1. The molecule has 0 aliphatic heterocycles. The highest BCUT2D eigenvalue weighted by atomic mass is 16.1. The van der Waals surface area contributed by atoms with Crippen LogP contribution in [0.2, 0.25) is 0 Å². The van der Waals surface area contributed by atoms with E-state index in [2.05, 4.69) is 9.98 Å². The minimum atomic E-state index is -0.590. The number of hydrogen-bond acceptors (Lipinski definition) is 3. The summed E-state index contributed by atoms with van der Waals surface area (Å²) >= 11 is 0. The van der Waals surface area contributed by atoms with Crippen LogP contribution in [0.25, 0.3) is 0 Å². The Kier molecular flexibility index (Phi) is 5.03. The number of carbonyl (C=O) groups excluding carboxylic acids is 2. The summed E-state index contributed by atoms with van der Waals surface area (Å²) in [5, 5.41) is 0. The third-order valence-electron chi connectivity index (χ3n) is 3.87. The molecule has 3 rings (SSSR count). The van der Waals surface area contributed by atoms with E-state index in [0.29, 0.717) is 12.0 Å². The predicted octanol–water partition coefficient (Wildman–Crippen LogP) is 2.08. The normalized spacial score (nSPS) is 11.3. The average molecular weight is 346 g/mol. The molecule has 0 aliphatic rings. The Hall–Kier alpha value is -3.54. The lowest BCUT2D eigenvalue weighted by molar-refractivity contribution is 0.0982. The molecule has 0 spiro atoms. The lowest BCUT2D eigenvalue weighted by atomic mass is 10.1. The van der Waals surface area contributed by atoms with Crippen molar-refractivity contribution in [1.82, 2.24) is 9.55 Å². The van der Waals surface area contributed by atoms with Crippen molar-refractivity contribution in [1.29, 1.82) is 0 Å². The molecule has 1 aromatic carbocycles. The molecule has 130 valence electrons. The average Bonchev–Trinajstić information content (AvgIpc) is 2.65. The van der Waals surface area contributed by atoms with E-state index in [0.717, 1.165) is 5.56 Å². The fraction of sp³-hybridized carbons (Fsp3) is 0.100. The Morgan fingerprint density at radius 3 is 2.50 bits per heavy atom. The van der Waals surface area contributed by atoms with Gasteiger partial charge in [0.05, 0.1) is 5.56 Å². The van der Waals surface area contributed by atoms with Gasteiger partial charge in [-0.25, -0.2) is 0 Å². The molecular weight excluding hydrogens is 328 g/mol. The van der Waals surface area contributed by atoms with Gasteiger partial charge in [0.25, 0.3) is 5.91 Å². The molecule has 0 saturated heterocycles. The summed E-state index contributed by atoms with van der Waals surface area (Å²) in [6.07, 6.45) is 3.14. The molecule has 0 radical (unpaired) electrons. The first kappa shape index (κ1) is 17.3. The second kappa shape index (κ2) is 7.57. The summed E-state index contributed by atoms with van der Waals surface area (Å²) in [4.78, 5) is 31.6. The SMILES string of the molecule is Cc1ccc(Cn2ccccc2=NC(=O)c2ccc(C(N)=O)cn2)cc1. The topological polar surface area (TPSA) is 90.3 Å². The first-order valence-electron chi connectivity index (χ1n) is 8.09. The molecule has 2 N–H and O–H groups in total. The van der Waals surface area contributed by atoms with Crippen molar-refractivity contribution in [3.8, 4) is 0 Å². The van der Waals surface area contributed by atoms with Gasteiger partial charge in [-0.3, -0.25) is 14.6 Å². The molecule has 0 bridgehead atoms. The lowest BCUT2D eigenvalue weighted by Crippen LogP contribution is -2.22. The zero-order valence-corrected chi connectivity index (χ0v) is 14.3. The van der Waals surface area contributed by atoms with E-state index in [4.69, 9.17) is 5.73 Å². The number of nitrogens with zero attached hydrogens (tertiary/aromatic N) is 3. The van der Waals surface area contributed by atoms with Crippen LogP contribution < -0.4 is 11.2 Å². The molecular formula is C20H18N4O2. The van der Waals surface area contributed by atoms with Crippen LogP contribution in [-0.4, -0.2) is 21.4 Å². The molecule has 6 nitrogen and oxygen atoms in total. The van der Waals surface area contributed by atoms with Gasteiger partial charge in [0.15, 0.2) is 0 Å². The molecule has 3 aromatic rings. The summed E-state index contributed by atoms with van der Waals surface area (Å²) in [6, 6.07) is 16.6. The van der Waals surface area contributed by atoms with Crippen molar-refractivity contribution in [2.75, 3.05) is 0 Å². The van der Waals surface area contributed by atoms with Crippen molar-refractivity contribution in [2.45, 2.75) is 13.5 Å². The smallest absolute Gasteiger partial charge is 0.297 e. The molecule has 0 aliphatic carbocycles. The maximum absolute atomic E-state index is 12.4. The number of pyridine rings is 2. The fourth-order valence-electron chi connectivity index (χ4n) is 2.42. The van der Waals surface area contributed by atoms with Gasteiger partial charge < -0.3 is 10.3 Å². The molecule has 0 atom stereocenters. The lowest BCUT2D eigenvalue weighted by Gasteiger charge is -2.07. The van der Waals surface area contributed by atoms with Gasteiger partial charge in [-0.05, 0) is 36.8 Å². The second-order valence-corrected chi connectivity index (χ2v) is 5.89. The standard InChI is InChI=1S/C20H18N4O2/c1-14-5-7-15(8-6-14)13-24-11-3-2-4-18(24)23-20(26)17-10-9-16(12-22-17)19(21)25/h2-12H,13H2,1H3,(H2,21,25). The zero-order valence-electron chi connectivity index (χ0n) is 14.3. The van der Waals surface area contributed by atoms with Crippen LogP contribution in [0.5, 0.6) is 0 Å². The minimum Gasteiger partial charge on any atom is -0.366 e. The van der Waals surface area contributed by atoms with E-state index in [-0.39, 0.29) is 11.3 Å². The Labute approximate surface area is 150 Å². The maximum Gasteiger partial charge on any atom is 0.297 e. The van der Waals surface area contributed by atoms with Crippen molar-refractivity contribution < 1.29 is 9.59 Å². The van der Waals surface area contributed by atoms with Crippen molar-refractivity contribution in [3.63, 3.8) is 0 Å². The predicted molar refractivity (Wildman–Crippen MR) is 97.4 cm³/mol. The van der Waals surface area contributed by atoms with Gasteiger partial charge in [-0.1, -0.05) is 35.9 Å². The quantitative estimate of drug-likeness (QED) is 0.784. The summed E-state index contributed by atoms with van der Waals surface area (Å²) in [5.74, 6) is -1.07. The number of aryl methyl sites for hydroxylation is 1. The van der Waals surface area contributed by atoms with Crippen molar-refractivity contribution >= 4 is 11.8 Å². The number of rotatable bonds is 4. The van der Waals surface area contributed by atoms with Gasteiger partial charge >= 0.3 is 0 Å². The monoisotopic (exact) mass is 346 g/mol. The highest BCUT2D eigenvalue weighted by molar-refractivity contribution is 5.95. The van der Waals surface area contributed by atoms with Crippen LogP contribution in [0.1, 0.15) is 32.0 Å².